The second-order valence-corrected chi connectivity index (χ2v) is 6.26. The Morgan fingerprint density at radius 1 is 1.41 bits per heavy atom. The maximum Gasteiger partial charge on any atom is 0.341 e. The van der Waals surface area contributed by atoms with Gasteiger partial charge in [-0.1, -0.05) is 30.7 Å². The lowest BCUT2D eigenvalue weighted by molar-refractivity contribution is 0.0695. The molecule has 4 nitrogen and oxygen atoms in total. The molecule has 0 radical (unpaired) electrons. The minimum absolute atomic E-state index is 0.199. The molecule has 0 fully saturated rings. The third-order valence-electron chi connectivity index (χ3n) is 4.17. The van der Waals surface area contributed by atoms with Gasteiger partial charge in [0, 0.05) is 16.3 Å². The highest BCUT2D eigenvalue weighted by molar-refractivity contribution is 6.30. The Hall–Kier alpha value is -2.07. The van der Waals surface area contributed by atoms with Crippen LogP contribution >= 0.6 is 11.6 Å². The molecule has 0 aliphatic heterocycles. The number of pyridine rings is 1. The number of nitrogens with one attached hydrogen (secondary N) is 1. The van der Waals surface area contributed by atoms with E-state index in [1.165, 1.54) is 0 Å². The summed E-state index contributed by atoms with van der Waals surface area (Å²) in [5.41, 5.74) is 2.23. The molecule has 0 spiro atoms. The van der Waals surface area contributed by atoms with Gasteiger partial charge in [0.05, 0.1) is 0 Å². The molecule has 1 unspecified atom stereocenters. The number of halogens is 1. The molecule has 0 amide bonds. The van der Waals surface area contributed by atoms with E-state index in [4.69, 9.17) is 11.6 Å². The van der Waals surface area contributed by atoms with E-state index in [9.17, 15) is 14.7 Å². The number of aromatic carboxylic acids is 1. The molecule has 1 atom stereocenters. The van der Waals surface area contributed by atoms with Gasteiger partial charge in [0.1, 0.15) is 5.56 Å². The van der Waals surface area contributed by atoms with Crippen molar-refractivity contribution in [2.45, 2.75) is 26.2 Å². The van der Waals surface area contributed by atoms with Gasteiger partial charge in [0.2, 0.25) is 0 Å². The highest BCUT2D eigenvalue weighted by atomic mass is 35.5. The van der Waals surface area contributed by atoms with Gasteiger partial charge in [-0.3, -0.25) is 4.79 Å². The van der Waals surface area contributed by atoms with Crippen LogP contribution in [0.1, 0.15) is 35.0 Å². The Balaban J connectivity index is 2.36. The molecule has 1 aromatic heterocycles. The number of hydrogen-bond donors (Lipinski definition) is 2. The molecule has 1 heterocycles. The molecule has 1 aliphatic carbocycles. The monoisotopic (exact) mass is 317 g/mol. The van der Waals surface area contributed by atoms with Crippen LogP contribution in [0, 0.1) is 5.92 Å². The number of aromatic nitrogens is 1. The van der Waals surface area contributed by atoms with E-state index >= 15 is 0 Å². The van der Waals surface area contributed by atoms with Crippen molar-refractivity contribution in [2.75, 3.05) is 0 Å². The minimum atomic E-state index is -1.21. The summed E-state index contributed by atoms with van der Waals surface area (Å²) in [6.07, 6.45) is 2.51. The van der Waals surface area contributed by atoms with Gasteiger partial charge < -0.3 is 10.1 Å². The lowest BCUT2D eigenvalue weighted by Gasteiger charge is -2.25. The van der Waals surface area contributed by atoms with E-state index in [1.807, 2.05) is 0 Å². The predicted octanol–water partition coefficient (Wildman–Crippen LogP) is 3.52. The van der Waals surface area contributed by atoms with Crippen molar-refractivity contribution in [1.82, 2.24) is 4.98 Å². The molecular weight excluding hydrogens is 302 g/mol. The second-order valence-electron chi connectivity index (χ2n) is 5.82. The summed E-state index contributed by atoms with van der Waals surface area (Å²) in [7, 11) is 0. The van der Waals surface area contributed by atoms with Crippen LogP contribution in [0.3, 0.4) is 0 Å². The van der Waals surface area contributed by atoms with Gasteiger partial charge in [0.15, 0.2) is 0 Å². The average Bonchev–Trinajstić information content (AvgIpc) is 2.46. The summed E-state index contributed by atoms with van der Waals surface area (Å²) in [5, 5.41) is 10.0. The summed E-state index contributed by atoms with van der Waals surface area (Å²) < 4.78 is 0. The third-order valence-corrected chi connectivity index (χ3v) is 4.41. The first-order valence-corrected chi connectivity index (χ1v) is 7.62. The normalized spacial score (nSPS) is 17.1. The maximum atomic E-state index is 12.2. The predicted molar refractivity (Wildman–Crippen MR) is 85.7 cm³/mol. The Bertz CT molecular complexity index is 810. The fraction of sp³-hybridized carbons (Fsp3) is 0.294. The molecule has 2 N–H and O–H groups in total. The van der Waals surface area contributed by atoms with Crippen molar-refractivity contribution in [3.8, 4) is 11.1 Å². The zero-order valence-electron chi connectivity index (χ0n) is 12.1. The lowest BCUT2D eigenvalue weighted by Crippen LogP contribution is -2.26. The topological polar surface area (TPSA) is 70.2 Å². The molecule has 114 valence electrons. The largest absolute Gasteiger partial charge is 0.477 e. The molecule has 1 aromatic carbocycles. The first-order valence-electron chi connectivity index (χ1n) is 7.24. The number of carboxylic acid groups (broad SMARTS) is 1. The van der Waals surface area contributed by atoms with Crippen molar-refractivity contribution < 1.29 is 9.90 Å². The lowest BCUT2D eigenvalue weighted by atomic mass is 9.82. The zero-order chi connectivity index (χ0) is 15.9. The summed E-state index contributed by atoms with van der Waals surface area (Å²) in [5.74, 6) is -0.754. The number of rotatable bonds is 2. The van der Waals surface area contributed by atoms with E-state index in [0.717, 1.165) is 30.5 Å². The molecular formula is C17H16ClNO3. The van der Waals surface area contributed by atoms with Crippen LogP contribution < -0.4 is 5.56 Å². The van der Waals surface area contributed by atoms with E-state index in [2.05, 4.69) is 11.9 Å². The number of fused-ring (bicyclic) bond motifs is 1. The van der Waals surface area contributed by atoms with Crippen LogP contribution in [0.15, 0.2) is 29.1 Å². The van der Waals surface area contributed by atoms with Crippen molar-refractivity contribution >= 4 is 17.6 Å². The molecule has 0 bridgehead atoms. The minimum Gasteiger partial charge on any atom is -0.477 e. The van der Waals surface area contributed by atoms with Gasteiger partial charge in [-0.15, -0.1) is 0 Å². The second kappa shape index (κ2) is 5.61. The van der Waals surface area contributed by atoms with Crippen LogP contribution in [0.2, 0.25) is 5.02 Å². The van der Waals surface area contributed by atoms with Crippen LogP contribution in [0.25, 0.3) is 11.1 Å². The fourth-order valence-electron chi connectivity index (χ4n) is 3.14. The molecule has 0 saturated heterocycles. The Kier molecular flexibility index (Phi) is 3.79. The number of carbonyl (C=O) groups is 1. The fourth-order valence-corrected chi connectivity index (χ4v) is 3.33. The number of carboxylic acids is 1. The van der Waals surface area contributed by atoms with Gasteiger partial charge in [-0.2, -0.15) is 0 Å². The van der Waals surface area contributed by atoms with Gasteiger partial charge >= 0.3 is 5.97 Å². The molecule has 5 heteroatoms. The van der Waals surface area contributed by atoms with Crippen molar-refractivity contribution in [1.29, 1.82) is 0 Å². The molecule has 1 aliphatic rings. The van der Waals surface area contributed by atoms with Crippen LogP contribution in [-0.4, -0.2) is 16.1 Å². The summed E-state index contributed by atoms with van der Waals surface area (Å²) >= 11 is 6.04. The summed E-state index contributed by atoms with van der Waals surface area (Å²) in [4.78, 5) is 26.6. The van der Waals surface area contributed by atoms with E-state index in [-0.39, 0.29) is 5.56 Å². The number of hydrogen-bond acceptors (Lipinski definition) is 2. The number of aromatic amines is 1. The van der Waals surface area contributed by atoms with Gasteiger partial charge in [0.25, 0.3) is 5.56 Å². The summed E-state index contributed by atoms with van der Waals surface area (Å²) in [6.45, 7) is 2.14. The van der Waals surface area contributed by atoms with Crippen LogP contribution in [-0.2, 0) is 12.8 Å². The average molecular weight is 318 g/mol. The molecule has 0 saturated carbocycles. The molecule has 3 rings (SSSR count). The first-order chi connectivity index (χ1) is 10.5. The Morgan fingerprint density at radius 3 is 2.86 bits per heavy atom. The number of benzene rings is 1. The standard InChI is InChI=1S/C17H16ClNO3/c1-9-5-6-13-12(7-9)14(10-3-2-4-11(18)8-10)15(17(21)22)16(20)19-13/h2-4,8-9H,5-7H2,1H3,(H,19,20)(H,21,22). The zero-order valence-corrected chi connectivity index (χ0v) is 12.9. The van der Waals surface area contributed by atoms with E-state index < -0.39 is 11.5 Å². The molecule has 2 aromatic rings. The maximum absolute atomic E-state index is 12.2. The van der Waals surface area contributed by atoms with Crippen LogP contribution in [0.5, 0.6) is 0 Å². The number of H-pyrrole nitrogens is 1. The SMILES string of the molecule is CC1CCc2[nH]c(=O)c(C(=O)O)c(-c3cccc(Cl)c3)c2C1. The van der Waals surface area contributed by atoms with Gasteiger partial charge in [-0.25, -0.2) is 4.79 Å². The Labute approximate surface area is 132 Å². The van der Waals surface area contributed by atoms with Crippen LogP contribution in [0.4, 0.5) is 0 Å². The smallest absolute Gasteiger partial charge is 0.341 e. The van der Waals surface area contributed by atoms with Crippen molar-refractivity contribution in [2.24, 2.45) is 5.92 Å². The highest BCUT2D eigenvalue weighted by Crippen LogP contribution is 2.34. The quantitative estimate of drug-likeness (QED) is 0.890. The highest BCUT2D eigenvalue weighted by Gasteiger charge is 2.26. The first kappa shape index (κ1) is 14.9. The summed E-state index contributed by atoms with van der Waals surface area (Å²) in [6, 6.07) is 7.01. The van der Waals surface area contributed by atoms with Gasteiger partial charge in [-0.05, 0) is 48.4 Å². The van der Waals surface area contributed by atoms with E-state index in [0.29, 0.717) is 22.1 Å². The Morgan fingerprint density at radius 2 is 2.18 bits per heavy atom. The van der Waals surface area contributed by atoms with Crippen molar-refractivity contribution in [3.63, 3.8) is 0 Å². The van der Waals surface area contributed by atoms with Crippen molar-refractivity contribution in [3.05, 3.63) is 56.5 Å². The number of aryl methyl sites for hydroxylation is 1. The van der Waals surface area contributed by atoms with E-state index in [1.54, 1.807) is 24.3 Å². The molecule has 22 heavy (non-hydrogen) atoms. The third kappa shape index (κ3) is 2.55.